The van der Waals surface area contributed by atoms with Gasteiger partial charge in [-0.2, -0.15) is 16.7 Å². The number of hydrogen-bond donors (Lipinski definition) is 1. The molecular formula is C13H18N4S. The number of hydrogen-bond acceptors (Lipinski definition) is 4. The first kappa shape index (κ1) is 11.8. The van der Waals surface area contributed by atoms with E-state index >= 15 is 0 Å². The number of aryl methyl sites for hydroxylation is 1. The molecule has 0 amide bonds. The van der Waals surface area contributed by atoms with E-state index in [0.717, 1.165) is 18.1 Å². The third-order valence-corrected chi connectivity index (χ3v) is 5.16. The van der Waals surface area contributed by atoms with E-state index in [2.05, 4.69) is 34.6 Å². The van der Waals surface area contributed by atoms with Gasteiger partial charge in [0.25, 0.3) is 0 Å². The van der Waals surface area contributed by atoms with Crippen molar-refractivity contribution in [2.24, 2.45) is 0 Å². The summed E-state index contributed by atoms with van der Waals surface area (Å²) >= 11 is 1.96. The lowest BCUT2D eigenvalue weighted by atomic mass is 9.84. The molecule has 0 saturated heterocycles. The van der Waals surface area contributed by atoms with Gasteiger partial charge in [-0.05, 0) is 37.7 Å². The summed E-state index contributed by atoms with van der Waals surface area (Å²) in [6, 6.07) is 4.06. The predicted molar refractivity (Wildman–Crippen MR) is 76.3 cm³/mol. The molecule has 3 rings (SSSR count). The fraction of sp³-hybridized carbons (Fsp3) is 0.538. The lowest BCUT2D eigenvalue weighted by Crippen LogP contribution is -2.40. The Labute approximate surface area is 111 Å². The van der Waals surface area contributed by atoms with Crippen LogP contribution in [0.1, 0.15) is 24.8 Å². The highest BCUT2D eigenvalue weighted by Crippen LogP contribution is 2.42. The van der Waals surface area contributed by atoms with Gasteiger partial charge in [0.05, 0.1) is 0 Å². The van der Waals surface area contributed by atoms with Crippen LogP contribution in [0.5, 0.6) is 0 Å². The molecule has 0 radical (unpaired) electrons. The predicted octanol–water partition coefficient (Wildman–Crippen LogP) is 2.74. The molecule has 0 unspecified atom stereocenters. The van der Waals surface area contributed by atoms with Gasteiger partial charge in [0, 0.05) is 17.5 Å². The number of nitrogens with one attached hydrogen (secondary N) is 1. The summed E-state index contributed by atoms with van der Waals surface area (Å²) in [5.74, 6) is 0.737. The smallest absolute Gasteiger partial charge is 0.243 e. The Kier molecular flexibility index (Phi) is 2.93. The molecule has 18 heavy (non-hydrogen) atoms. The van der Waals surface area contributed by atoms with Crippen LogP contribution >= 0.6 is 11.8 Å². The minimum Gasteiger partial charge on any atom is -0.352 e. The average Bonchev–Trinajstić information content (AvgIpc) is 2.70. The van der Waals surface area contributed by atoms with Crippen LogP contribution in [-0.4, -0.2) is 32.1 Å². The zero-order valence-electron chi connectivity index (χ0n) is 10.8. The second-order valence-corrected chi connectivity index (χ2v) is 6.31. The van der Waals surface area contributed by atoms with Gasteiger partial charge in [0.2, 0.25) is 5.95 Å². The fourth-order valence-corrected chi connectivity index (χ4v) is 3.24. The fourth-order valence-electron chi connectivity index (χ4n) is 2.33. The highest BCUT2D eigenvalue weighted by molar-refractivity contribution is 8.00. The van der Waals surface area contributed by atoms with Crippen molar-refractivity contribution in [1.82, 2.24) is 14.6 Å². The van der Waals surface area contributed by atoms with Crippen LogP contribution in [0.4, 0.5) is 5.95 Å². The highest BCUT2D eigenvalue weighted by atomic mass is 32.2. The maximum Gasteiger partial charge on any atom is 0.243 e. The molecule has 1 aliphatic carbocycles. The van der Waals surface area contributed by atoms with Crippen molar-refractivity contribution in [3.63, 3.8) is 0 Å². The molecule has 5 heteroatoms. The Hall–Kier alpha value is -1.23. The Morgan fingerprint density at radius 3 is 2.94 bits per heavy atom. The van der Waals surface area contributed by atoms with Gasteiger partial charge in [-0.3, -0.25) is 0 Å². The van der Waals surface area contributed by atoms with Gasteiger partial charge in [-0.1, -0.05) is 12.5 Å². The largest absolute Gasteiger partial charge is 0.352 e. The van der Waals surface area contributed by atoms with Crippen LogP contribution in [0.25, 0.3) is 5.65 Å². The number of rotatable bonds is 4. The monoisotopic (exact) mass is 262 g/mol. The van der Waals surface area contributed by atoms with Crippen LogP contribution in [0.2, 0.25) is 0 Å². The SMILES string of the molecule is CSC1(CNc2nc3ccc(C)cn3n2)CCC1. The summed E-state index contributed by atoms with van der Waals surface area (Å²) in [6.45, 7) is 3.02. The molecule has 2 aromatic heterocycles. The van der Waals surface area contributed by atoms with E-state index < -0.39 is 0 Å². The lowest BCUT2D eigenvalue weighted by Gasteiger charge is -2.40. The maximum atomic E-state index is 4.48. The molecule has 0 spiro atoms. The third kappa shape index (κ3) is 2.07. The Balaban J connectivity index is 1.74. The van der Waals surface area contributed by atoms with Crippen LogP contribution in [0.15, 0.2) is 18.3 Å². The molecule has 1 N–H and O–H groups in total. The van der Waals surface area contributed by atoms with E-state index in [9.17, 15) is 0 Å². The van der Waals surface area contributed by atoms with Crippen molar-refractivity contribution in [1.29, 1.82) is 0 Å². The molecule has 1 fully saturated rings. The Bertz CT molecular complexity index is 554. The van der Waals surface area contributed by atoms with Crippen molar-refractivity contribution in [2.45, 2.75) is 30.9 Å². The first-order chi connectivity index (χ1) is 8.71. The first-order valence-electron chi connectivity index (χ1n) is 6.33. The van der Waals surface area contributed by atoms with E-state index in [4.69, 9.17) is 0 Å². The number of pyridine rings is 1. The summed E-state index contributed by atoms with van der Waals surface area (Å²) in [5.41, 5.74) is 2.09. The van der Waals surface area contributed by atoms with E-state index in [1.165, 1.54) is 24.8 Å². The summed E-state index contributed by atoms with van der Waals surface area (Å²) in [4.78, 5) is 4.48. The van der Waals surface area contributed by atoms with E-state index in [1.807, 2.05) is 28.5 Å². The number of thioether (sulfide) groups is 1. The van der Waals surface area contributed by atoms with Crippen molar-refractivity contribution in [3.05, 3.63) is 23.9 Å². The molecule has 1 aliphatic rings. The van der Waals surface area contributed by atoms with Crippen LogP contribution < -0.4 is 5.32 Å². The highest BCUT2D eigenvalue weighted by Gasteiger charge is 2.36. The number of fused-ring (bicyclic) bond motifs is 1. The third-order valence-electron chi connectivity index (χ3n) is 3.75. The lowest BCUT2D eigenvalue weighted by molar-refractivity contribution is 0.379. The molecule has 4 nitrogen and oxygen atoms in total. The summed E-state index contributed by atoms with van der Waals surface area (Å²) in [5, 5.41) is 7.84. The number of anilines is 1. The van der Waals surface area contributed by atoms with Crippen molar-refractivity contribution in [3.8, 4) is 0 Å². The molecule has 1 saturated carbocycles. The molecule has 2 aromatic rings. The number of nitrogens with zero attached hydrogens (tertiary/aromatic N) is 3. The molecule has 96 valence electrons. The minimum absolute atomic E-state index is 0.410. The first-order valence-corrected chi connectivity index (χ1v) is 7.55. The molecule has 0 bridgehead atoms. The van der Waals surface area contributed by atoms with Gasteiger partial charge in [0.1, 0.15) is 0 Å². The number of aromatic nitrogens is 3. The molecule has 2 heterocycles. The van der Waals surface area contributed by atoms with Crippen molar-refractivity contribution >= 4 is 23.4 Å². The Morgan fingerprint density at radius 1 is 1.44 bits per heavy atom. The average molecular weight is 262 g/mol. The molecule has 0 atom stereocenters. The van der Waals surface area contributed by atoms with E-state index in [1.54, 1.807) is 0 Å². The molecular weight excluding hydrogens is 244 g/mol. The minimum atomic E-state index is 0.410. The summed E-state index contributed by atoms with van der Waals surface area (Å²) in [6.07, 6.45) is 8.14. The maximum absolute atomic E-state index is 4.48. The quantitative estimate of drug-likeness (QED) is 0.920. The van der Waals surface area contributed by atoms with Crippen LogP contribution in [0, 0.1) is 6.92 Å². The van der Waals surface area contributed by atoms with E-state index in [-0.39, 0.29) is 0 Å². The van der Waals surface area contributed by atoms with Gasteiger partial charge in [0.15, 0.2) is 5.65 Å². The standard InChI is InChI=1S/C13H18N4S/c1-10-4-5-11-15-12(16-17(11)8-10)14-9-13(18-2)6-3-7-13/h4-5,8H,3,6-7,9H2,1-2H3,(H,14,16). The second kappa shape index (κ2) is 4.46. The van der Waals surface area contributed by atoms with Crippen LogP contribution in [0.3, 0.4) is 0 Å². The zero-order chi connectivity index (χ0) is 12.6. The van der Waals surface area contributed by atoms with Gasteiger partial charge < -0.3 is 5.32 Å². The van der Waals surface area contributed by atoms with Gasteiger partial charge in [-0.25, -0.2) is 4.52 Å². The molecule has 0 aromatic carbocycles. The summed E-state index contributed by atoms with van der Waals surface area (Å²) in [7, 11) is 0. The van der Waals surface area contributed by atoms with Gasteiger partial charge >= 0.3 is 0 Å². The van der Waals surface area contributed by atoms with Crippen LogP contribution in [-0.2, 0) is 0 Å². The summed E-state index contributed by atoms with van der Waals surface area (Å²) < 4.78 is 2.25. The van der Waals surface area contributed by atoms with E-state index in [0.29, 0.717) is 4.75 Å². The topological polar surface area (TPSA) is 42.2 Å². The van der Waals surface area contributed by atoms with Gasteiger partial charge in [-0.15, -0.1) is 5.10 Å². The second-order valence-electron chi connectivity index (χ2n) is 5.04. The van der Waals surface area contributed by atoms with Crippen molar-refractivity contribution < 1.29 is 0 Å². The molecule has 0 aliphatic heterocycles. The Morgan fingerprint density at radius 2 is 2.28 bits per heavy atom. The normalized spacial score (nSPS) is 17.7. The zero-order valence-corrected chi connectivity index (χ0v) is 11.6. The van der Waals surface area contributed by atoms with Crippen molar-refractivity contribution in [2.75, 3.05) is 18.1 Å².